The molecular formula is C21H27N3O. The Morgan fingerprint density at radius 3 is 2.20 bits per heavy atom. The fourth-order valence-corrected chi connectivity index (χ4v) is 3.15. The predicted octanol–water partition coefficient (Wildman–Crippen LogP) is 3.64. The van der Waals surface area contributed by atoms with Crippen molar-refractivity contribution in [3.63, 3.8) is 0 Å². The van der Waals surface area contributed by atoms with Crippen molar-refractivity contribution in [1.82, 2.24) is 4.90 Å². The van der Waals surface area contributed by atoms with E-state index >= 15 is 0 Å². The number of benzene rings is 2. The number of piperazine rings is 1. The highest BCUT2D eigenvalue weighted by Gasteiger charge is 2.17. The van der Waals surface area contributed by atoms with Crippen molar-refractivity contribution >= 4 is 11.4 Å². The Morgan fingerprint density at radius 2 is 1.56 bits per heavy atom. The van der Waals surface area contributed by atoms with Gasteiger partial charge in [0.15, 0.2) is 0 Å². The molecule has 0 spiro atoms. The van der Waals surface area contributed by atoms with Crippen LogP contribution in [0.5, 0.6) is 0 Å². The molecule has 1 saturated heterocycles. The number of hydrogen-bond donors (Lipinski definition) is 0. The molecule has 4 heteroatoms. The predicted molar refractivity (Wildman–Crippen MR) is 104 cm³/mol. The SMILES string of the molecule is CCO/N=C(\CCN1CCN(c2ccccc2)CC1)c1ccccc1. The summed E-state index contributed by atoms with van der Waals surface area (Å²) in [5.74, 6) is 0. The maximum atomic E-state index is 5.33. The Morgan fingerprint density at radius 1 is 0.920 bits per heavy atom. The Kier molecular flexibility index (Phi) is 6.46. The van der Waals surface area contributed by atoms with Gasteiger partial charge < -0.3 is 9.74 Å². The monoisotopic (exact) mass is 337 g/mol. The van der Waals surface area contributed by atoms with Gasteiger partial charge in [0.25, 0.3) is 0 Å². The van der Waals surface area contributed by atoms with E-state index in [0.29, 0.717) is 6.61 Å². The minimum absolute atomic E-state index is 0.603. The lowest BCUT2D eigenvalue weighted by atomic mass is 10.1. The number of para-hydroxylation sites is 1. The fraction of sp³-hybridized carbons (Fsp3) is 0.381. The van der Waals surface area contributed by atoms with Gasteiger partial charge in [0.05, 0.1) is 5.71 Å². The van der Waals surface area contributed by atoms with Gasteiger partial charge in [-0.1, -0.05) is 53.7 Å². The molecule has 132 valence electrons. The van der Waals surface area contributed by atoms with Crippen LogP contribution in [0.3, 0.4) is 0 Å². The van der Waals surface area contributed by atoms with Crippen LogP contribution in [0.4, 0.5) is 5.69 Å². The van der Waals surface area contributed by atoms with Gasteiger partial charge in [-0.3, -0.25) is 4.90 Å². The summed E-state index contributed by atoms with van der Waals surface area (Å²) in [5.41, 5.74) is 3.51. The summed E-state index contributed by atoms with van der Waals surface area (Å²) >= 11 is 0. The summed E-state index contributed by atoms with van der Waals surface area (Å²) < 4.78 is 0. The third kappa shape index (κ3) is 5.07. The van der Waals surface area contributed by atoms with Crippen LogP contribution in [0.25, 0.3) is 0 Å². The van der Waals surface area contributed by atoms with E-state index in [-0.39, 0.29) is 0 Å². The van der Waals surface area contributed by atoms with Crippen molar-refractivity contribution in [3.05, 3.63) is 66.2 Å². The van der Waals surface area contributed by atoms with E-state index in [4.69, 9.17) is 4.84 Å². The molecule has 0 amide bonds. The van der Waals surface area contributed by atoms with E-state index in [1.54, 1.807) is 0 Å². The van der Waals surface area contributed by atoms with Gasteiger partial charge in [0.2, 0.25) is 0 Å². The highest BCUT2D eigenvalue weighted by atomic mass is 16.6. The average Bonchev–Trinajstić information content (AvgIpc) is 2.70. The van der Waals surface area contributed by atoms with E-state index in [0.717, 1.165) is 50.4 Å². The Labute approximate surface area is 150 Å². The Balaban J connectivity index is 1.52. The molecule has 0 atom stereocenters. The highest BCUT2D eigenvalue weighted by Crippen LogP contribution is 2.16. The number of oxime groups is 1. The quantitative estimate of drug-likeness (QED) is 0.570. The van der Waals surface area contributed by atoms with Crippen molar-refractivity contribution in [2.24, 2.45) is 5.16 Å². The van der Waals surface area contributed by atoms with Crippen molar-refractivity contribution in [3.8, 4) is 0 Å². The molecule has 0 unspecified atom stereocenters. The second-order valence-corrected chi connectivity index (χ2v) is 6.24. The molecule has 0 aromatic heterocycles. The molecule has 1 fully saturated rings. The molecule has 2 aromatic carbocycles. The van der Waals surface area contributed by atoms with Crippen LogP contribution in [-0.4, -0.2) is 49.9 Å². The second kappa shape index (κ2) is 9.23. The van der Waals surface area contributed by atoms with Gasteiger partial charge in [-0.25, -0.2) is 0 Å². The Hall–Kier alpha value is -2.33. The molecule has 0 aliphatic carbocycles. The normalized spacial score (nSPS) is 16.0. The van der Waals surface area contributed by atoms with E-state index in [1.807, 2.05) is 13.0 Å². The summed E-state index contributed by atoms with van der Waals surface area (Å²) in [5, 5.41) is 4.34. The van der Waals surface area contributed by atoms with Crippen molar-refractivity contribution < 1.29 is 4.84 Å². The highest BCUT2D eigenvalue weighted by molar-refractivity contribution is 6.00. The number of nitrogens with zero attached hydrogens (tertiary/aromatic N) is 3. The number of anilines is 1. The molecular weight excluding hydrogens is 310 g/mol. The van der Waals surface area contributed by atoms with Crippen LogP contribution >= 0.6 is 0 Å². The Bertz CT molecular complexity index is 649. The zero-order chi connectivity index (χ0) is 17.3. The van der Waals surface area contributed by atoms with Crippen LogP contribution in [0.15, 0.2) is 65.8 Å². The first-order valence-corrected chi connectivity index (χ1v) is 9.13. The molecule has 0 bridgehead atoms. The standard InChI is InChI=1S/C21H27N3O/c1-2-25-22-21(19-9-5-3-6-10-19)13-14-23-15-17-24(18-16-23)20-11-7-4-8-12-20/h3-12H,2,13-18H2,1H3/b22-21+. The molecule has 0 saturated carbocycles. The average molecular weight is 337 g/mol. The maximum Gasteiger partial charge on any atom is 0.114 e. The van der Waals surface area contributed by atoms with E-state index in [9.17, 15) is 0 Å². The summed E-state index contributed by atoms with van der Waals surface area (Å²) in [7, 11) is 0. The zero-order valence-corrected chi connectivity index (χ0v) is 15.0. The summed E-state index contributed by atoms with van der Waals surface area (Å²) in [6.07, 6.45) is 0.912. The van der Waals surface area contributed by atoms with Crippen LogP contribution in [0.1, 0.15) is 18.9 Å². The van der Waals surface area contributed by atoms with Crippen LogP contribution < -0.4 is 4.90 Å². The lowest BCUT2D eigenvalue weighted by molar-refractivity contribution is 0.157. The molecule has 4 nitrogen and oxygen atoms in total. The molecule has 1 heterocycles. The lowest BCUT2D eigenvalue weighted by Crippen LogP contribution is -2.46. The zero-order valence-electron chi connectivity index (χ0n) is 15.0. The summed E-state index contributed by atoms with van der Waals surface area (Å²) in [4.78, 5) is 10.3. The number of rotatable bonds is 7. The van der Waals surface area contributed by atoms with Gasteiger partial charge >= 0.3 is 0 Å². The van der Waals surface area contributed by atoms with Crippen molar-refractivity contribution in [1.29, 1.82) is 0 Å². The van der Waals surface area contributed by atoms with Crippen LogP contribution in [0, 0.1) is 0 Å². The first-order valence-electron chi connectivity index (χ1n) is 9.13. The molecule has 0 N–H and O–H groups in total. The summed E-state index contributed by atoms with van der Waals surface area (Å²) in [6.45, 7) is 7.92. The first-order chi connectivity index (χ1) is 12.4. The molecule has 0 radical (unpaired) electrons. The first kappa shape index (κ1) is 17.5. The van der Waals surface area contributed by atoms with E-state index in [2.05, 4.69) is 69.6 Å². The van der Waals surface area contributed by atoms with E-state index < -0.39 is 0 Å². The molecule has 3 rings (SSSR count). The van der Waals surface area contributed by atoms with Crippen molar-refractivity contribution in [2.45, 2.75) is 13.3 Å². The van der Waals surface area contributed by atoms with Gasteiger partial charge in [-0.2, -0.15) is 0 Å². The third-order valence-electron chi connectivity index (χ3n) is 4.57. The van der Waals surface area contributed by atoms with Gasteiger partial charge in [-0.05, 0) is 24.6 Å². The molecule has 1 aliphatic rings. The lowest BCUT2D eigenvalue weighted by Gasteiger charge is -2.36. The van der Waals surface area contributed by atoms with Crippen molar-refractivity contribution in [2.75, 3.05) is 44.2 Å². The minimum atomic E-state index is 0.603. The minimum Gasteiger partial charge on any atom is -0.396 e. The second-order valence-electron chi connectivity index (χ2n) is 6.24. The van der Waals surface area contributed by atoms with E-state index in [1.165, 1.54) is 5.69 Å². The molecule has 2 aromatic rings. The number of hydrogen-bond acceptors (Lipinski definition) is 4. The summed E-state index contributed by atoms with van der Waals surface area (Å²) in [6, 6.07) is 21.0. The maximum absolute atomic E-state index is 5.33. The van der Waals surface area contributed by atoms with Crippen LogP contribution in [-0.2, 0) is 4.84 Å². The smallest absolute Gasteiger partial charge is 0.114 e. The van der Waals surface area contributed by atoms with Gasteiger partial charge in [0, 0.05) is 44.8 Å². The fourth-order valence-electron chi connectivity index (χ4n) is 3.15. The van der Waals surface area contributed by atoms with Gasteiger partial charge in [-0.15, -0.1) is 0 Å². The van der Waals surface area contributed by atoms with Gasteiger partial charge in [0.1, 0.15) is 6.61 Å². The largest absolute Gasteiger partial charge is 0.396 e. The third-order valence-corrected chi connectivity index (χ3v) is 4.57. The topological polar surface area (TPSA) is 28.1 Å². The molecule has 25 heavy (non-hydrogen) atoms. The van der Waals surface area contributed by atoms with Crippen LogP contribution in [0.2, 0.25) is 0 Å². The molecule has 1 aliphatic heterocycles.